The molecule has 0 amide bonds. The van der Waals surface area contributed by atoms with E-state index < -0.39 is 0 Å². The quantitative estimate of drug-likeness (QED) is 0.0609. The molecule has 0 saturated heterocycles. The summed E-state index contributed by atoms with van der Waals surface area (Å²) in [7, 11) is 0. The normalized spacial score (nSPS) is 12.0. The predicted molar refractivity (Wildman–Crippen MR) is 189 cm³/mol. The summed E-state index contributed by atoms with van der Waals surface area (Å²) >= 11 is 5.31. The summed E-state index contributed by atoms with van der Waals surface area (Å²) in [6.45, 7) is 9.27. The fourth-order valence-corrected chi connectivity index (χ4v) is 7.66. The number of rotatable bonds is 20. The number of thiol groups is 1. The summed E-state index contributed by atoms with van der Waals surface area (Å²) in [4.78, 5) is 1.29. The van der Waals surface area contributed by atoms with Crippen LogP contribution in [0.15, 0.2) is 35.2 Å². The summed E-state index contributed by atoms with van der Waals surface area (Å²) in [6, 6.07) is 12.6. The van der Waals surface area contributed by atoms with Gasteiger partial charge in [-0.05, 0) is 106 Å². The maximum Gasteiger partial charge on any atom is 0.0117 e. The van der Waals surface area contributed by atoms with Crippen LogP contribution in [0.1, 0.15) is 153 Å². The maximum atomic E-state index is 5.31. The van der Waals surface area contributed by atoms with Crippen molar-refractivity contribution in [3.63, 3.8) is 0 Å². The summed E-state index contributed by atoms with van der Waals surface area (Å²) in [5, 5.41) is 9.13. The van der Waals surface area contributed by atoms with Gasteiger partial charge in [0.25, 0.3) is 0 Å². The van der Waals surface area contributed by atoms with Crippen LogP contribution in [0, 0.1) is 0 Å². The Labute approximate surface area is 257 Å². The second-order valence-corrected chi connectivity index (χ2v) is 13.3. The molecule has 4 aromatic rings. The minimum atomic E-state index is 1.16. The molecule has 0 aliphatic carbocycles. The standard InChI is InChI=1S/C40H58S/c1-5-9-13-17-21-30-29-31(22-18-14-10-6-2)33-26-28-35-37(24-20-16-12-8-4)40(41)36(23-19-15-11-7-3)34-27-25-32(30)38(33)39(34)35/h25-29,41H,5-24H2,1-4H3. The Bertz CT molecular complexity index is 1250. The van der Waals surface area contributed by atoms with Crippen LogP contribution in [0.4, 0.5) is 0 Å². The Hall–Kier alpha value is -1.73. The second-order valence-electron chi connectivity index (χ2n) is 12.8. The first-order valence-electron chi connectivity index (χ1n) is 17.6. The number of hydrogen-bond donors (Lipinski definition) is 1. The molecular weight excluding hydrogens is 513 g/mol. The van der Waals surface area contributed by atoms with Crippen LogP contribution in [0.2, 0.25) is 0 Å². The number of hydrogen-bond acceptors (Lipinski definition) is 1. The molecule has 0 N–H and O–H groups in total. The zero-order valence-electron chi connectivity index (χ0n) is 27.0. The van der Waals surface area contributed by atoms with Gasteiger partial charge in [-0.15, -0.1) is 12.6 Å². The van der Waals surface area contributed by atoms with Crippen molar-refractivity contribution >= 4 is 44.9 Å². The largest absolute Gasteiger partial charge is 0.143 e. The molecule has 0 bridgehead atoms. The highest BCUT2D eigenvalue weighted by Gasteiger charge is 2.20. The van der Waals surface area contributed by atoms with Crippen LogP contribution < -0.4 is 0 Å². The van der Waals surface area contributed by atoms with Crippen molar-refractivity contribution < 1.29 is 0 Å². The molecule has 0 spiro atoms. The van der Waals surface area contributed by atoms with Crippen molar-refractivity contribution in [2.45, 2.75) is 161 Å². The van der Waals surface area contributed by atoms with Gasteiger partial charge in [-0.2, -0.15) is 0 Å². The molecule has 1 heteroatoms. The third-order valence-corrected chi connectivity index (χ3v) is 10.1. The van der Waals surface area contributed by atoms with E-state index in [9.17, 15) is 0 Å². The molecule has 224 valence electrons. The van der Waals surface area contributed by atoms with Crippen molar-refractivity contribution in [1.29, 1.82) is 0 Å². The monoisotopic (exact) mass is 570 g/mol. The van der Waals surface area contributed by atoms with Crippen molar-refractivity contribution in [2.24, 2.45) is 0 Å². The maximum absolute atomic E-state index is 5.31. The van der Waals surface area contributed by atoms with E-state index in [1.807, 2.05) is 0 Å². The van der Waals surface area contributed by atoms with E-state index in [4.69, 9.17) is 12.6 Å². The molecule has 0 aliphatic heterocycles. The summed E-state index contributed by atoms with van der Waals surface area (Å²) in [6.07, 6.45) is 25.8. The molecule has 0 atom stereocenters. The molecule has 0 fully saturated rings. The lowest BCUT2D eigenvalue weighted by molar-refractivity contribution is 0.657. The Morgan fingerprint density at radius 2 is 0.756 bits per heavy atom. The van der Waals surface area contributed by atoms with Gasteiger partial charge in [-0.1, -0.05) is 135 Å². The first-order chi connectivity index (χ1) is 20.2. The van der Waals surface area contributed by atoms with Gasteiger partial charge in [0, 0.05) is 4.90 Å². The highest BCUT2D eigenvalue weighted by molar-refractivity contribution is 7.80. The van der Waals surface area contributed by atoms with E-state index >= 15 is 0 Å². The van der Waals surface area contributed by atoms with E-state index in [1.54, 1.807) is 21.9 Å². The average molecular weight is 571 g/mol. The SMILES string of the molecule is CCCCCCc1cc(CCCCCC)c2ccc3c(CCCCCC)c(S)c(CCCCCC)c4ccc1c2c43. The molecule has 0 saturated carbocycles. The van der Waals surface area contributed by atoms with E-state index in [2.05, 4.69) is 58.0 Å². The number of benzene rings is 4. The Kier molecular flexibility index (Phi) is 13.2. The lowest BCUT2D eigenvalue weighted by Gasteiger charge is -2.23. The van der Waals surface area contributed by atoms with E-state index in [-0.39, 0.29) is 0 Å². The van der Waals surface area contributed by atoms with Gasteiger partial charge in [0.15, 0.2) is 0 Å². The van der Waals surface area contributed by atoms with E-state index in [0.717, 1.165) is 12.8 Å². The second kappa shape index (κ2) is 16.8. The number of unbranched alkanes of at least 4 members (excludes halogenated alkanes) is 12. The van der Waals surface area contributed by atoms with Gasteiger partial charge in [-0.3, -0.25) is 0 Å². The molecule has 0 aromatic heterocycles. The molecule has 0 unspecified atom stereocenters. The van der Waals surface area contributed by atoms with Gasteiger partial charge in [0.1, 0.15) is 0 Å². The molecule has 0 heterocycles. The van der Waals surface area contributed by atoms with Crippen molar-refractivity contribution in [3.8, 4) is 0 Å². The van der Waals surface area contributed by atoms with Crippen LogP contribution in [0.3, 0.4) is 0 Å². The van der Waals surface area contributed by atoms with E-state index in [1.165, 1.54) is 153 Å². The summed E-state index contributed by atoms with van der Waals surface area (Å²) in [5.74, 6) is 0. The highest BCUT2D eigenvalue weighted by atomic mass is 32.1. The van der Waals surface area contributed by atoms with Crippen molar-refractivity contribution in [1.82, 2.24) is 0 Å². The van der Waals surface area contributed by atoms with Gasteiger partial charge in [-0.25, -0.2) is 0 Å². The van der Waals surface area contributed by atoms with Crippen molar-refractivity contribution in [2.75, 3.05) is 0 Å². The number of aryl methyl sites for hydroxylation is 4. The van der Waals surface area contributed by atoms with Crippen LogP contribution in [-0.2, 0) is 25.7 Å². The van der Waals surface area contributed by atoms with Crippen LogP contribution in [0.25, 0.3) is 32.3 Å². The van der Waals surface area contributed by atoms with Gasteiger partial charge in [0.05, 0.1) is 0 Å². The van der Waals surface area contributed by atoms with Crippen LogP contribution in [0.5, 0.6) is 0 Å². The third kappa shape index (κ3) is 7.81. The fraction of sp³-hybridized carbons (Fsp3) is 0.600. The molecule has 0 aliphatic rings. The summed E-state index contributed by atoms with van der Waals surface area (Å²) < 4.78 is 0. The Morgan fingerprint density at radius 3 is 1.15 bits per heavy atom. The molecule has 0 radical (unpaired) electrons. The topological polar surface area (TPSA) is 0 Å². The lowest BCUT2D eigenvalue weighted by Crippen LogP contribution is -2.02. The Morgan fingerprint density at radius 1 is 0.415 bits per heavy atom. The smallest absolute Gasteiger partial charge is 0.0117 e. The van der Waals surface area contributed by atoms with Crippen molar-refractivity contribution in [3.05, 3.63) is 52.6 Å². The third-order valence-electron chi connectivity index (χ3n) is 9.58. The lowest BCUT2D eigenvalue weighted by atomic mass is 9.83. The zero-order chi connectivity index (χ0) is 29.0. The minimum absolute atomic E-state index is 1.16. The Balaban J connectivity index is 1.89. The predicted octanol–water partition coefficient (Wildman–Crippen LogP) is 13.4. The van der Waals surface area contributed by atoms with Gasteiger partial charge < -0.3 is 0 Å². The first-order valence-corrected chi connectivity index (χ1v) is 18.1. The van der Waals surface area contributed by atoms with Gasteiger partial charge >= 0.3 is 0 Å². The molecule has 4 aromatic carbocycles. The summed E-state index contributed by atoms with van der Waals surface area (Å²) in [5.41, 5.74) is 6.24. The molecule has 0 nitrogen and oxygen atoms in total. The van der Waals surface area contributed by atoms with Gasteiger partial charge in [0.2, 0.25) is 0 Å². The highest BCUT2D eigenvalue weighted by Crippen LogP contribution is 2.44. The van der Waals surface area contributed by atoms with Crippen LogP contribution in [-0.4, -0.2) is 0 Å². The minimum Gasteiger partial charge on any atom is -0.143 e. The first kappa shape index (κ1) is 32.2. The molecule has 4 rings (SSSR count). The van der Waals surface area contributed by atoms with E-state index in [0.29, 0.717) is 0 Å². The zero-order valence-corrected chi connectivity index (χ0v) is 27.9. The average Bonchev–Trinajstić information content (AvgIpc) is 2.99. The molecule has 41 heavy (non-hydrogen) atoms. The van der Waals surface area contributed by atoms with Crippen LogP contribution >= 0.6 is 12.6 Å². The fourth-order valence-electron chi connectivity index (χ4n) is 7.20. The molecular formula is C40H58S.